The van der Waals surface area contributed by atoms with Crippen molar-refractivity contribution >= 4 is 34.0 Å². The molecule has 0 spiro atoms. The van der Waals surface area contributed by atoms with E-state index in [1.807, 2.05) is 0 Å². The normalized spacial score (nSPS) is 10.2. The van der Waals surface area contributed by atoms with Gasteiger partial charge in [0.25, 0.3) is 11.8 Å². The van der Waals surface area contributed by atoms with Crippen LogP contribution in [0, 0.1) is 12.3 Å². The van der Waals surface area contributed by atoms with E-state index < -0.39 is 5.91 Å². The third-order valence-corrected chi connectivity index (χ3v) is 3.93. The number of benzene rings is 2. The number of hydrogen-bond donors (Lipinski definition) is 2. The van der Waals surface area contributed by atoms with Gasteiger partial charge in [-0.05, 0) is 42.5 Å². The molecule has 2 rings (SSSR count). The van der Waals surface area contributed by atoms with Crippen LogP contribution in [0.15, 0.2) is 52.0 Å². The number of rotatable bonds is 8. The van der Waals surface area contributed by atoms with Crippen molar-refractivity contribution in [2.45, 2.75) is 0 Å². The third kappa shape index (κ3) is 6.45. The van der Waals surface area contributed by atoms with E-state index >= 15 is 0 Å². The number of halogens is 1. The first-order valence-corrected chi connectivity index (χ1v) is 8.92. The molecule has 0 radical (unpaired) electrons. The Morgan fingerprint density at radius 1 is 1.25 bits per heavy atom. The molecule has 0 unspecified atom stereocenters. The lowest BCUT2D eigenvalue weighted by molar-refractivity contribution is -0.120. The Hall–Kier alpha value is -3.31. The summed E-state index contributed by atoms with van der Waals surface area (Å²) in [5.41, 5.74) is 3.39. The van der Waals surface area contributed by atoms with Crippen LogP contribution in [0.2, 0.25) is 0 Å². The number of nitrogens with zero attached hydrogens (tertiary/aromatic N) is 1. The molecule has 7 nitrogen and oxygen atoms in total. The van der Waals surface area contributed by atoms with Crippen molar-refractivity contribution in [1.82, 2.24) is 10.7 Å². The molecular formula is C20H18BrN3O4. The minimum Gasteiger partial charge on any atom is -0.497 e. The molecular weight excluding hydrogens is 426 g/mol. The number of ether oxygens (including phenoxy) is 2. The van der Waals surface area contributed by atoms with Gasteiger partial charge in [-0.1, -0.05) is 21.9 Å². The molecule has 2 amide bonds. The summed E-state index contributed by atoms with van der Waals surface area (Å²) >= 11 is 3.36. The summed E-state index contributed by atoms with van der Waals surface area (Å²) in [6.45, 7) is -0.104. The smallest absolute Gasteiger partial charge is 0.259 e. The Kier molecular flexibility index (Phi) is 8.06. The number of amides is 2. The number of carbonyl (C=O) groups excluding carboxylic acids is 2. The van der Waals surface area contributed by atoms with E-state index in [-0.39, 0.29) is 19.1 Å². The van der Waals surface area contributed by atoms with Crippen molar-refractivity contribution in [3.63, 3.8) is 0 Å². The van der Waals surface area contributed by atoms with Crippen LogP contribution in [0.25, 0.3) is 0 Å². The fraction of sp³-hybridized carbons (Fsp3) is 0.150. The van der Waals surface area contributed by atoms with E-state index in [2.05, 4.69) is 37.7 Å². The Bertz CT molecular complexity index is 905. The molecule has 0 aliphatic heterocycles. The van der Waals surface area contributed by atoms with E-state index in [9.17, 15) is 9.59 Å². The molecule has 144 valence electrons. The number of methoxy groups -OCH3 is 1. The second-order valence-electron chi connectivity index (χ2n) is 5.38. The standard InChI is InChI=1S/C20H18BrN3O4/c1-3-10-28-18-9-6-16(21)11-15(18)12-23-24-19(25)13-22-20(26)14-4-7-17(27-2)8-5-14/h1,4-9,11-12H,10,13H2,2H3,(H,22,26)(H,24,25)/b23-12+. The molecule has 2 aromatic carbocycles. The van der Waals surface area contributed by atoms with Gasteiger partial charge in [-0.15, -0.1) is 6.42 Å². The second kappa shape index (κ2) is 10.7. The molecule has 0 saturated carbocycles. The Labute approximate surface area is 171 Å². The van der Waals surface area contributed by atoms with Crippen molar-refractivity contribution in [3.05, 3.63) is 58.1 Å². The van der Waals surface area contributed by atoms with Gasteiger partial charge >= 0.3 is 0 Å². The first kappa shape index (κ1) is 21.0. The maximum Gasteiger partial charge on any atom is 0.259 e. The summed E-state index contributed by atoms with van der Waals surface area (Å²) in [6, 6.07) is 11.8. The summed E-state index contributed by atoms with van der Waals surface area (Å²) in [4.78, 5) is 23.9. The third-order valence-electron chi connectivity index (χ3n) is 3.44. The molecule has 0 bridgehead atoms. The van der Waals surface area contributed by atoms with Crippen molar-refractivity contribution < 1.29 is 19.1 Å². The highest BCUT2D eigenvalue weighted by molar-refractivity contribution is 9.10. The van der Waals surface area contributed by atoms with Crippen LogP contribution in [-0.2, 0) is 4.79 Å². The maximum absolute atomic E-state index is 12.0. The van der Waals surface area contributed by atoms with E-state index in [0.717, 1.165) is 4.47 Å². The number of hydrazone groups is 1. The molecule has 0 aliphatic carbocycles. The SMILES string of the molecule is C#CCOc1ccc(Br)cc1/C=N/NC(=O)CNC(=O)c1ccc(OC)cc1. The van der Waals surface area contributed by atoms with Gasteiger partial charge in [0.15, 0.2) is 0 Å². The van der Waals surface area contributed by atoms with Gasteiger partial charge < -0.3 is 14.8 Å². The molecule has 2 N–H and O–H groups in total. The molecule has 0 heterocycles. The van der Waals surface area contributed by atoms with Gasteiger partial charge in [-0.25, -0.2) is 5.43 Å². The highest BCUT2D eigenvalue weighted by Gasteiger charge is 2.08. The Morgan fingerprint density at radius 2 is 2.00 bits per heavy atom. The lowest BCUT2D eigenvalue weighted by Crippen LogP contribution is -2.34. The molecule has 0 fully saturated rings. The van der Waals surface area contributed by atoms with Crippen LogP contribution in [0.4, 0.5) is 0 Å². The molecule has 8 heteroatoms. The molecule has 0 atom stereocenters. The Balaban J connectivity index is 1.87. The zero-order valence-corrected chi connectivity index (χ0v) is 16.7. The van der Waals surface area contributed by atoms with Crippen LogP contribution in [0.3, 0.4) is 0 Å². The summed E-state index contributed by atoms with van der Waals surface area (Å²) in [6.07, 6.45) is 6.63. The highest BCUT2D eigenvalue weighted by Crippen LogP contribution is 2.21. The van der Waals surface area contributed by atoms with Gasteiger partial charge in [0.2, 0.25) is 0 Å². The van der Waals surface area contributed by atoms with Crippen molar-refractivity contribution in [1.29, 1.82) is 0 Å². The van der Waals surface area contributed by atoms with E-state index in [1.165, 1.54) is 13.3 Å². The van der Waals surface area contributed by atoms with Crippen molar-refractivity contribution in [2.24, 2.45) is 5.10 Å². The number of carbonyl (C=O) groups is 2. The van der Waals surface area contributed by atoms with Crippen molar-refractivity contribution in [3.8, 4) is 23.8 Å². The number of nitrogens with one attached hydrogen (secondary N) is 2. The largest absolute Gasteiger partial charge is 0.497 e. The zero-order chi connectivity index (χ0) is 20.4. The lowest BCUT2D eigenvalue weighted by atomic mass is 10.2. The van der Waals surface area contributed by atoms with Gasteiger partial charge in [0, 0.05) is 15.6 Å². The fourth-order valence-corrected chi connectivity index (χ4v) is 2.47. The van der Waals surface area contributed by atoms with Crippen LogP contribution in [0.5, 0.6) is 11.5 Å². The van der Waals surface area contributed by atoms with Gasteiger partial charge in [0.05, 0.1) is 19.9 Å². The van der Waals surface area contributed by atoms with Crippen molar-refractivity contribution in [2.75, 3.05) is 20.3 Å². The van der Waals surface area contributed by atoms with Gasteiger partial charge in [0.1, 0.15) is 18.1 Å². The highest BCUT2D eigenvalue weighted by atomic mass is 79.9. The van der Waals surface area contributed by atoms with E-state index in [4.69, 9.17) is 15.9 Å². The quantitative estimate of drug-likeness (QED) is 0.372. The molecule has 0 saturated heterocycles. The van der Waals surface area contributed by atoms with Crippen LogP contribution in [0.1, 0.15) is 15.9 Å². The molecule has 0 aliphatic rings. The predicted octanol–water partition coefficient (Wildman–Crippen LogP) is 2.35. The van der Waals surface area contributed by atoms with E-state index in [1.54, 1.807) is 42.5 Å². The monoisotopic (exact) mass is 443 g/mol. The number of terminal acetylenes is 1. The summed E-state index contributed by atoms with van der Waals surface area (Å²) in [5, 5.41) is 6.39. The van der Waals surface area contributed by atoms with Crippen LogP contribution in [-0.4, -0.2) is 38.3 Å². The topological polar surface area (TPSA) is 89.0 Å². The van der Waals surface area contributed by atoms with E-state index in [0.29, 0.717) is 22.6 Å². The fourth-order valence-electron chi connectivity index (χ4n) is 2.09. The minimum absolute atomic E-state index is 0.117. The molecule has 2 aromatic rings. The average molecular weight is 444 g/mol. The predicted molar refractivity (Wildman–Crippen MR) is 110 cm³/mol. The average Bonchev–Trinajstić information content (AvgIpc) is 2.71. The summed E-state index contributed by atoms with van der Waals surface area (Å²) < 4.78 is 11.3. The summed E-state index contributed by atoms with van der Waals surface area (Å²) in [7, 11) is 1.54. The van der Waals surface area contributed by atoms with Gasteiger partial charge in [-0.3, -0.25) is 9.59 Å². The summed E-state index contributed by atoms with van der Waals surface area (Å²) in [5.74, 6) is 2.71. The first-order valence-electron chi connectivity index (χ1n) is 8.13. The maximum atomic E-state index is 12.0. The lowest BCUT2D eigenvalue weighted by Gasteiger charge is -2.07. The second-order valence-corrected chi connectivity index (χ2v) is 6.29. The number of hydrogen-bond acceptors (Lipinski definition) is 5. The molecule has 0 aromatic heterocycles. The van der Waals surface area contributed by atoms with Gasteiger partial charge in [-0.2, -0.15) is 5.10 Å². The van der Waals surface area contributed by atoms with Crippen LogP contribution >= 0.6 is 15.9 Å². The molecule has 28 heavy (non-hydrogen) atoms. The Morgan fingerprint density at radius 3 is 2.68 bits per heavy atom. The first-order chi connectivity index (χ1) is 13.5. The zero-order valence-electron chi connectivity index (χ0n) is 15.1. The minimum atomic E-state index is -0.473. The van der Waals surface area contributed by atoms with Crippen LogP contribution < -0.4 is 20.2 Å².